The molecule has 0 unspecified atom stereocenters. The minimum Gasteiger partial charge on any atom is -0.284 e. The molecule has 0 saturated heterocycles. The van der Waals surface area contributed by atoms with E-state index in [1.165, 1.54) is 34.9 Å². The largest absolute Gasteiger partial charge is 0.284 e. The van der Waals surface area contributed by atoms with Crippen molar-refractivity contribution in [3.63, 3.8) is 0 Å². The van der Waals surface area contributed by atoms with Gasteiger partial charge in [0.2, 0.25) is 0 Å². The van der Waals surface area contributed by atoms with Gasteiger partial charge in [0.15, 0.2) is 5.16 Å². The summed E-state index contributed by atoms with van der Waals surface area (Å²) in [5, 5.41) is 5.70. The molecule has 2 aromatic heterocycles. The monoisotopic (exact) mass is 440 g/mol. The van der Waals surface area contributed by atoms with E-state index in [0.29, 0.717) is 0 Å². The lowest BCUT2D eigenvalue weighted by atomic mass is 9.95. The molecular formula is C23H21ClN2OS2. The van der Waals surface area contributed by atoms with Crippen LogP contribution < -0.4 is 5.56 Å². The highest BCUT2D eigenvalue weighted by Crippen LogP contribution is 2.35. The maximum Gasteiger partial charge on any atom is 0.262 e. The predicted octanol–water partition coefficient (Wildman–Crippen LogP) is 7.06. The molecule has 4 aromatic rings. The van der Waals surface area contributed by atoms with Gasteiger partial charge in [-0.05, 0) is 59.5 Å². The number of thioether (sulfide) groups is 1. The van der Waals surface area contributed by atoms with Gasteiger partial charge >= 0.3 is 0 Å². The Bertz CT molecular complexity index is 1240. The summed E-state index contributed by atoms with van der Waals surface area (Å²) in [4.78, 5) is 18.3. The lowest BCUT2D eigenvalue weighted by Gasteiger charge is -2.26. The van der Waals surface area contributed by atoms with Crippen LogP contribution in [0.1, 0.15) is 43.7 Å². The first-order valence-corrected chi connectivity index (χ1v) is 12.2. The van der Waals surface area contributed by atoms with Crippen molar-refractivity contribution < 1.29 is 0 Å². The average molecular weight is 441 g/mol. The van der Waals surface area contributed by atoms with Crippen LogP contribution in [-0.2, 0) is 5.75 Å². The van der Waals surface area contributed by atoms with Crippen LogP contribution in [0, 0.1) is 0 Å². The zero-order chi connectivity index (χ0) is 19.8. The number of rotatable bonds is 4. The SMILES string of the molecule is O=c1c2ccccc2nc(SCc2csc3ccc(Cl)cc23)n1C1CCCCC1. The molecule has 2 aromatic carbocycles. The van der Waals surface area contributed by atoms with Crippen molar-refractivity contribution in [2.45, 2.75) is 49.1 Å². The Labute approximate surface area is 182 Å². The van der Waals surface area contributed by atoms with Gasteiger partial charge in [-0.3, -0.25) is 9.36 Å². The van der Waals surface area contributed by atoms with Gasteiger partial charge in [0.25, 0.3) is 5.56 Å². The molecular weight excluding hydrogens is 420 g/mol. The average Bonchev–Trinajstić information content (AvgIpc) is 3.15. The number of thiophene rings is 1. The Morgan fingerprint density at radius 3 is 2.79 bits per heavy atom. The second-order valence-electron chi connectivity index (χ2n) is 7.57. The van der Waals surface area contributed by atoms with Crippen molar-refractivity contribution in [2.24, 2.45) is 0 Å². The highest BCUT2D eigenvalue weighted by molar-refractivity contribution is 7.98. The fourth-order valence-electron chi connectivity index (χ4n) is 4.20. The number of hydrogen-bond acceptors (Lipinski definition) is 4. The molecule has 29 heavy (non-hydrogen) atoms. The van der Waals surface area contributed by atoms with E-state index < -0.39 is 0 Å². The number of para-hydroxylation sites is 1. The molecule has 1 aliphatic rings. The molecule has 1 aliphatic carbocycles. The number of hydrogen-bond donors (Lipinski definition) is 0. The van der Waals surface area contributed by atoms with Crippen LogP contribution in [0.3, 0.4) is 0 Å². The number of nitrogens with zero attached hydrogens (tertiary/aromatic N) is 2. The van der Waals surface area contributed by atoms with Crippen LogP contribution in [0.5, 0.6) is 0 Å². The maximum atomic E-state index is 13.4. The first kappa shape index (κ1) is 19.2. The van der Waals surface area contributed by atoms with Crippen molar-refractivity contribution in [1.82, 2.24) is 9.55 Å². The number of benzene rings is 2. The van der Waals surface area contributed by atoms with Crippen molar-refractivity contribution >= 4 is 55.7 Å². The van der Waals surface area contributed by atoms with Gasteiger partial charge < -0.3 is 0 Å². The van der Waals surface area contributed by atoms with Crippen molar-refractivity contribution in [3.8, 4) is 0 Å². The summed E-state index contributed by atoms with van der Waals surface area (Å²) in [5.41, 5.74) is 2.13. The molecule has 0 bridgehead atoms. The maximum absolute atomic E-state index is 13.4. The Hall–Kier alpha value is -1.82. The zero-order valence-electron chi connectivity index (χ0n) is 15.9. The molecule has 2 heterocycles. The Kier molecular flexibility index (Phi) is 5.37. The van der Waals surface area contributed by atoms with Gasteiger partial charge in [-0.25, -0.2) is 4.98 Å². The molecule has 0 radical (unpaired) electrons. The van der Waals surface area contributed by atoms with Crippen molar-refractivity contribution in [1.29, 1.82) is 0 Å². The molecule has 148 valence electrons. The van der Waals surface area contributed by atoms with Crippen LogP contribution >= 0.6 is 34.7 Å². The molecule has 0 atom stereocenters. The Morgan fingerprint density at radius 1 is 1.10 bits per heavy atom. The second kappa shape index (κ2) is 8.13. The first-order valence-electron chi connectivity index (χ1n) is 10.0. The first-order chi connectivity index (χ1) is 14.2. The van der Waals surface area contributed by atoms with E-state index in [1.807, 2.05) is 41.0 Å². The van der Waals surface area contributed by atoms with Gasteiger partial charge in [-0.1, -0.05) is 54.8 Å². The lowest BCUT2D eigenvalue weighted by Crippen LogP contribution is -2.29. The molecule has 1 fully saturated rings. The molecule has 3 nitrogen and oxygen atoms in total. The van der Waals surface area contributed by atoms with Crippen LogP contribution in [0.2, 0.25) is 5.02 Å². The van der Waals surface area contributed by atoms with E-state index >= 15 is 0 Å². The minimum absolute atomic E-state index is 0.100. The highest BCUT2D eigenvalue weighted by Gasteiger charge is 2.22. The fraction of sp³-hybridized carbons (Fsp3) is 0.304. The Balaban J connectivity index is 1.55. The third kappa shape index (κ3) is 3.72. The van der Waals surface area contributed by atoms with Gasteiger partial charge in [-0.15, -0.1) is 11.3 Å². The zero-order valence-corrected chi connectivity index (χ0v) is 18.3. The normalized spacial score (nSPS) is 15.3. The van der Waals surface area contributed by atoms with E-state index in [1.54, 1.807) is 23.1 Å². The number of fused-ring (bicyclic) bond motifs is 2. The van der Waals surface area contributed by atoms with Crippen LogP contribution in [0.15, 0.2) is 57.8 Å². The predicted molar refractivity (Wildman–Crippen MR) is 125 cm³/mol. The minimum atomic E-state index is 0.100. The summed E-state index contributed by atoms with van der Waals surface area (Å²) in [6.07, 6.45) is 5.74. The summed E-state index contributed by atoms with van der Waals surface area (Å²) in [6.45, 7) is 0. The van der Waals surface area contributed by atoms with Crippen molar-refractivity contribution in [3.05, 3.63) is 68.8 Å². The van der Waals surface area contributed by atoms with E-state index in [4.69, 9.17) is 16.6 Å². The molecule has 0 spiro atoms. The quantitative estimate of drug-likeness (QED) is 0.251. The molecule has 6 heteroatoms. The van der Waals surface area contributed by atoms with Crippen LogP contribution in [-0.4, -0.2) is 9.55 Å². The lowest BCUT2D eigenvalue weighted by molar-refractivity contribution is 0.326. The van der Waals surface area contributed by atoms with E-state index in [9.17, 15) is 4.79 Å². The van der Waals surface area contributed by atoms with E-state index in [2.05, 4.69) is 11.4 Å². The molecule has 0 amide bonds. The second-order valence-corrected chi connectivity index (χ2v) is 9.86. The van der Waals surface area contributed by atoms with Gasteiger partial charge in [0.05, 0.1) is 10.9 Å². The van der Waals surface area contributed by atoms with Crippen molar-refractivity contribution in [2.75, 3.05) is 0 Å². The fourth-order valence-corrected chi connectivity index (χ4v) is 6.47. The summed E-state index contributed by atoms with van der Waals surface area (Å²) < 4.78 is 3.22. The standard InChI is InChI=1S/C23H21ClN2OS2/c24-16-10-11-21-19(12-16)15(13-28-21)14-29-23-25-20-9-5-4-8-18(20)22(27)26(23)17-6-2-1-3-7-17/h4-5,8-13,17H,1-3,6-7,14H2. The number of halogens is 1. The molecule has 0 aliphatic heterocycles. The molecule has 0 N–H and O–H groups in total. The topological polar surface area (TPSA) is 34.9 Å². The Morgan fingerprint density at radius 2 is 1.93 bits per heavy atom. The van der Waals surface area contributed by atoms with Crippen LogP contribution in [0.4, 0.5) is 0 Å². The van der Waals surface area contributed by atoms with E-state index in [-0.39, 0.29) is 11.6 Å². The third-order valence-electron chi connectivity index (χ3n) is 5.69. The van der Waals surface area contributed by atoms with Gasteiger partial charge in [0, 0.05) is 21.5 Å². The van der Waals surface area contributed by atoms with E-state index in [0.717, 1.165) is 39.7 Å². The summed E-state index contributed by atoms with van der Waals surface area (Å²) in [5.74, 6) is 0.776. The molecule has 1 saturated carbocycles. The van der Waals surface area contributed by atoms with Gasteiger partial charge in [0.1, 0.15) is 0 Å². The number of aromatic nitrogens is 2. The summed E-state index contributed by atoms with van der Waals surface area (Å²) in [7, 11) is 0. The third-order valence-corrected chi connectivity index (χ3v) is 7.94. The van der Waals surface area contributed by atoms with Crippen LogP contribution in [0.25, 0.3) is 21.0 Å². The summed E-state index contributed by atoms with van der Waals surface area (Å²) >= 11 is 9.62. The molecule has 5 rings (SSSR count). The highest BCUT2D eigenvalue weighted by atomic mass is 35.5. The van der Waals surface area contributed by atoms with Gasteiger partial charge in [-0.2, -0.15) is 0 Å². The summed E-state index contributed by atoms with van der Waals surface area (Å²) in [6, 6.07) is 14.0. The smallest absolute Gasteiger partial charge is 0.262 e.